The van der Waals surface area contributed by atoms with E-state index in [0.29, 0.717) is 6.04 Å². The highest BCUT2D eigenvalue weighted by molar-refractivity contribution is 7.10. The van der Waals surface area contributed by atoms with Crippen molar-refractivity contribution >= 4 is 11.3 Å². The molecule has 0 saturated heterocycles. The molecule has 1 aliphatic rings. The summed E-state index contributed by atoms with van der Waals surface area (Å²) < 4.78 is 0. The number of likely N-dealkylation sites (N-methyl/N-ethyl adjacent to an activating group) is 1. The molecule has 0 amide bonds. The Bertz CT molecular complexity index is 288. The number of fused-ring (bicyclic) bond motifs is 1. The molecule has 0 fully saturated rings. The first-order valence-corrected chi connectivity index (χ1v) is 6.48. The molecule has 0 saturated carbocycles. The van der Waals surface area contributed by atoms with E-state index in [4.69, 9.17) is 0 Å². The number of hydrogen-bond acceptors (Lipinski definition) is 2. The molecule has 0 spiro atoms. The van der Waals surface area contributed by atoms with Gasteiger partial charge in [-0.15, -0.1) is 11.3 Å². The van der Waals surface area contributed by atoms with Gasteiger partial charge in [-0.2, -0.15) is 0 Å². The van der Waals surface area contributed by atoms with E-state index in [1.165, 1.54) is 25.7 Å². The molecule has 2 heteroatoms. The van der Waals surface area contributed by atoms with Gasteiger partial charge in [0, 0.05) is 16.8 Å². The number of thiophene rings is 1. The second kappa shape index (κ2) is 4.45. The van der Waals surface area contributed by atoms with Crippen LogP contribution in [0.25, 0.3) is 0 Å². The molecule has 78 valence electrons. The zero-order valence-electron chi connectivity index (χ0n) is 9.05. The summed E-state index contributed by atoms with van der Waals surface area (Å²) in [7, 11) is 2.09. The van der Waals surface area contributed by atoms with E-state index < -0.39 is 0 Å². The van der Waals surface area contributed by atoms with Gasteiger partial charge in [0.2, 0.25) is 0 Å². The van der Waals surface area contributed by atoms with Crippen LogP contribution >= 0.6 is 11.3 Å². The zero-order chi connectivity index (χ0) is 9.97. The van der Waals surface area contributed by atoms with Crippen LogP contribution in [0.1, 0.15) is 42.5 Å². The molecule has 14 heavy (non-hydrogen) atoms. The normalized spacial score (nSPS) is 23.1. The van der Waals surface area contributed by atoms with Crippen molar-refractivity contribution in [2.75, 3.05) is 7.05 Å². The van der Waals surface area contributed by atoms with Crippen molar-refractivity contribution in [1.82, 2.24) is 5.32 Å². The van der Waals surface area contributed by atoms with Crippen LogP contribution in [0.3, 0.4) is 0 Å². The minimum atomic E-state index is 0.670. The van der Waals surface area contributed by atoms with Crippen molar-refractivity contribution in [3.05, 3.63) is 21.9 Å². The fourth-order valence-corrected chi connectivity index (χ4v) is 3.63. The number of aryl methyl sites for hydroxylation is 1. The molecular formula is C12H19NS. The summed E-state index contributed by atoms with van der Waals surface area (Å²) in [6.07, 6.45) is 5.28. The van der Waals surface area contributed by atoms with Crippen LogP contribution in [-0.2, 0) is 6.42 Å². The number of rotatable bonds is 3. The van der Waals surface area contributed by atoms with Gasteiger partial charge in [-0.25, -0.2) is 0 Å². The van der Waals surface area contributed by atoms with Crippen LogP contribution in [0.5, 0.6) is 0 Å². The molecule has 0 bridgehead atoms. The van der Waals surface area contributed by atoms with Gasteiger partial charge in [0.25, 0.3) is 0 Å². The number of nitrogens with one attached hydrogen (secondary N) is 1. The summed E-state index contributed by atoms with van der Waals surface area (Å²) in [5.41, 5.74) is 1.63. The van der Waals surface area contributed by atoms with Gasteiger partial charge < -0.3 is 5.32 Å². The van der Waals surface area contributed by atoms with Gasteiger partial charge in [0.1, 0.15) is 0 Å². The highest BCUT2D eigenvalue weighted by Gasteiger charge is 2.26. The predicted molar refractivity (Wildman–Crippen MR) is 63.1 cm³/mol. The summed E-state index contributed by atoms with van der Waals surface area (Å²) >= 11 is 1.94. The van der Waals surface area contributed by atoms with Gasteiger partial charge in [0.15, 0.2) is 0 Å². The Balaban J connectivity index is 2.22. The first kappa shape index (κ1) is 10.2. The lowest BCUT2D eigenvalue weighted by Gasteiger charge is -2.29. The maximum atomic E-state index is 3.46. The van der Waals surface area contributed by atoms with Crippen molar-refractivity contribution in [2.45, 2.75) is 44.6 Å². The monoisotopic (exact) mass is 209 g/mol. The summed E-state index contributed by atoms with van der Waals surface area (Å²) in [5.74, 6) is 0.764. The fourth-order valence-electron chi connectivity index (χ4n) is 2.63. The Morgan fingerprint density at radius 1 is 1.64 bits per heavy atom. The summed E-state index contributed by atoms with van der Waals surface area (Å²) in [5, 5.41) is 5.71. The first-order valence-electron chi connectivity index (χ1n) is 5.60. The third-order valence-electron chi connectivity index (χ3n) is 3.39. The summed E-state index contributed by atoms with van der Waals surface area (Å²) in [6.45, 7) is 2.28. The highest BCUT2D eigenvalue weighted by Crippen LogP contribution is 2.37. The van der Waals surface area contributed by atoms with E-state index in [1.54, 1.807) is 10.4 Å². The molecule has 2 unspecified atom stereocenters. The zero-order valence-corrected chi connectivity index (χ0v) is 9.86. The average Bonchev–Trinajstić information content (AvgIpc) is 2.68. The van der Waals surface area contributed by atoms with Gasteiger partial charge in [-0.1, -0.05) is 6.92 Å². The lowest BCUT2D eigenvalue weighted by Crippen LogP contribution is -2.32. The van der Waals surface area contributed by atoms with Crippen LogP contribution in [0.2, 0.25) is 0 Å². The SMILES string of the molecule is CCC(NC)C1CCCc2sccc21. The molecule has 1 heterocycles. The Kier molecular flexibility index (Phi) is 3.24. The van der Waals surface area contributed by atoms with Crippen LogP contribution in [-0.4, -0.2) is 13.1 Å². The smallest absolute Gasteiger partial charge is 0.0131 e. The third kappa shape index (κ3) is 1.73. The Morgan fingerprint density at radius 3 is 3.21 bits per heavy atom. The van der Waals surface area contributed by atoms with E-state index in [-0.39, 0.29) is 0 Å². The molecule has 1 nitrogen and oxygen atoms in total. The van der Waals surface area contributed by atoms with Crippen molar-refractivity contribution < 1.29 is 0 Å². The Hall–Kier alpha value is -0.340. The molecule has 1 aromatic rings. The second-order valence-corrected chi connectivity index (χ2v) is 5.10. The summed E-state index contributed by atoms with van der Waals surface area (Å²) in [6, 6.07) is 3.01. The van der Waals surface area contributed by atoms with Crippen LogP contribution in [0.15, 0.2) is 11.4 Å². The van der Waals surface area contributed by atoms with E-state index in [1.807, 2.05) is 11.3 Å². The molecule has 2 atom stereocenters. The van der Waals surface area contributed by atoms with Crippen molar-refractivity contribution in [2.24, 2.45) is 0 Å². The van der Waals surface area contributed by atoms with Crippen molar-refractivity contribution in [1.29, 1.82) is 0 Å². The van der Waals surface area contributed by atoms with E-state index in [9.17, 15) is 0 Å². The molecular weight excluding hydrogens is 190 g/mol. The minimum absolute atomic E-state index is 0.670. The van der Waals surface area contributed by atoms with Crippen LogP contribution < -0.4 is 5.32 Å². The maximum absolute atomic E-state index is 3.46. The Labute approximate surface area is 90.5 Å². The standard InChI is InChI=1S/C12H19NS/c1-3-11(13-2)9-5-4-6-12-10(9)7-8-14-12/h7-9,11,13H,3-6H2,1-2H3. The molecule has 2 rings (SSSR count). The number of hydrogen-bond donors (Lipinski definition) is 1. The predicted octanol–water partition coefficient (Wildman–Crippen LogP) is 3.17. The van der Waals surface area contributed by atoms with Gasteiger partial charge >= 0.3 is 0 Å². The topological polar surface area (TPSA) is 12.0 Å². The van der Waals surface area contributed by atoms with Crippen LogP contribution in [0.4, 0.5) is 0 Å². The molecule has 1 aliphatic carbocycles. The quantitative estimate of drug-likeness (QED) is 0.806. The van der Waals surface area contributed by atoms with E-state index >= 15 is 0 Å². The lowest BCUT2D eigenvalue weighted by atomic mass is 9.81. The fraction of sp³-hybridized carbons (Fsp3) is 0.667. The van der Waals surface area contributed by atoms with Gasteiger partial charge in [0.05, 0.1) is 0 Å². The van der Waals surface area contributed by atoms with Crippen molar-refractivity contribution in [3.63, 3.8) is 0 Å². The maximum Gasteiger partial charge on any atom is 0.0131 e. The summed E-state index contributed by atoms with van der Waals surface area (Å²) in [4.78, 5) is 1.63. The minimum Gasteiger partial charge on any atom is -0.316 e. The van der Waals surface area contributed by atoms with Crippen LogP contribution in [0, 0.1) is 0 Å². The first-order chi connectivity index (χ1) is 6.86. The Morgan fingerprint density at radius 2 is 2.50 bits per heavy atom. The van der Waals surface area contributed by atoms with Crippen molar-refractivity contribution in [3.8, 4) is 0 Å². The third-order valence-corrected chi connectivity index (χ3v) is 4.39. The lowest BCUT2D eigenvalue weighted by molar-refractivity contribution is 0.407. The molecule has 0 aromatic carbocycles. The average molecular weight is 209 g/mol. The van der Waals surface area contributed by atoms with Gasteiger partial charge in [-0.3, -0.25) is 0 Å². The second-order valence-electron chi connectivity index (χ2n) is 4.10. The molecule has 0 aliphatic heterocycles. The highest BCUT2D eigenvalue weighted by atomic mass is 32.1. The van der Waals surface area contributed by atoms with E-state index in [0.717, 1.165) is 5.92 Å². The van der Waals surface area contributed by atoms with Gasteiger partial charge in [-0.05, 0) is 49.7 Å². The largest absolute Gasteiger partial charge is 0.316 e. The molecule has 1 N–H and O–H groups in total. The molecule has 0 radical (unpaired) electrons. The molecule has 1 aromatic heterocycles. The van der Waals surface area contributed by atoms with E-state index in [2.05, 4.69) is 30.7 Å².